The number of aromatic nitrogens is 2. The molecule has 0 saturated carbocycles. The van der Waals surface area contributed by atoms with Crippen molar-refractivity contribution in [2.75, 3.05) is 26.2 Å². The predicted octanol–water partition coefficient (Wildman–Crippen LogP) is 2.48. The maximum atomic E-state index is 4.09. The number of halogens is 1. The fourth-order valence-electron chi connectivity index (χ4n) is 3.75. The molecule has 2 fully saturated rings. The van der Waals surface area contributed by atoms with Crippen LogP contribution in [0.3, 0.4) is 0 Å². The summed E-state index contributed by atoms with van der Waals surface area (Å²) >= 11 is 0. The summed E-state index contributed by atoms with van der Waals surface area (Å²) in [6.07, 6.45) is 8.34. The molecule has 1 N–H and O–H groups in total. The monoisotopic (exact) mass is 318 g/mol. The maximum absolute atomic E-state index is 4.09. The summed E-state index contributed by atoms with van der Waals surface area (Å²) in [5.74, 6) is 0. The highest BCUT2D eigenvalue weighted by Crippen LogP contribution is 2.36. The van der Waals surface area contributed by atoms with E-state index in [4.69, 9.17) is 0 Å². The first kappa shape index (κ1) is 15.5. The number of hydrogen-bond donors (Lipinski definition) is 1. The third-order valence-corrected chi connectivity index (χ3v) is 4.99. The molecule has 0 aliphatic carbocycles. The van der Waals surface area contributed by atoms with E-state index in [1.54, 1.807) is 0 Å². The van der Waals surface area contributed by atoms with Gasteiger partial charge in [0.05, 0.1) is 6.33 Å². The van der Waals surface area contributed by atoms with E-state index in [1.807, 2.05) is 23.3 Å². The first-order valence-electron chi connectivity index (χ1n) is 7.83. The topological polar surface area (TPSA) is 33.1 Å². The van der Waals surface area contributed by atoms with Crippen molar-refractivity contribution in [1.82, 2.24) is 19.8 Å². The fraction of sp³-hybridized carbons (Fsp3) is 0.471. The van der Waals surface area contributed by atoms with Gasteiger partial charge in [-0.15, -0.1) is 12.4 Å². The standard InChI is InChI=1S/C17H22N4.ClH/c1-3-16(21-10-8-19-14-21)4-2-15(1)11-20-9-6-17(13-20)5-7-18-12-17;/h1-4,8,10,14,18H,5-7,9,11-13H2;1H. The Morgan fingerprint density at radius 3 is 2.73 bits per heavy atom. The molecule has 4 rings (SSSR count). The molecule has 0 radical (unpaired) electrons. The molecule has 1 unspecified atom stereocenters. The molecule has 0 amide bonds. The third kappa shape index (κ3) is 3.05. The number of nitrogens with one attached hydrogen (secondary N) is 1. The molecule has 1 spiro atoms. The Hall–Kier alpha value is -1.36. The second kappa shape index (κ2) is 6.41. The summed E-state index contributed by atoms with van der Waals surface area (Å²) in [6, 6.07) is 8.85. The van der Waals surface area contributed by atoms with Crippen LogP contribution in [-0.2, 0) is 6.54 Å². The van der Waals surface area contributed by atoms with Gasteiger partial charge >= 0.3 is 0 Å². The van der Waals surface area contributed by atoms with Crippen molar-refractivity contribution in [2.24, 2.45) is 5.41 Å². The summed E-state index contributed by atoms with van der Waals surface area (Å²) < 4.78 is 2.04. The number of imidazole rings is 1. The number of rotatable bonds is 3. The number of hydrogen-bond acceptors (Lipinski definition) is 3. The summed E-state index contributed by atoms with van der Waals surface area (Å²) in [7, 11) is 0. The van der Waals surface area contributed by atoms with Gasteiger partial charge in [0.1, 0.15) is 0 Å². The Kier molecular flexibility index (Phi) is 4.52. The Morgan fingerprint density at radius 1 is 1.18 bits per heavy atom. The molecule has 1 atom stereocenters. The van der Waals surface area contributed by atoms with E-state index in [0.29, 0.717) is 5.41 Å². The average molecular weight is 319 g/mol. The molecular weight excluding hydrogens is 296 g/mol. The molecule has 22 heavy (non-hydrogen) atoms. The van der Waals surface area contributed by atoms with E-state index in [9.17, 15) is 0 Å². The normalized spacial score (nSPS) is 24.7. The van der Waals surface area contributed by atoms with Crippen LogP contribution in [0.4, 0.5) is 0 Å². The van der Waals surface area contributed by atoms with Crippen molar-refractivity contribution in [3.05, 3.63) is 48.5 Å². The predicted molar refractivity (Wildman–Crippen MR) is 90.6 cm³/mol. The molecule has 118 valence electrons. The van der Waals surface area contributed by atoms with Crippen molar-refractivity contribution >= 4 is 12.4 Å². The van der Waals surface area contributed by atoms with Gasteiger partial charge in [-0.3, -0.25) is 4.90 Å². The molecule has 2 aliphatic heterocycles. The van der Waals surface area contributed by atoms with Gasteiger partial charge in [-0.25, -0.2) is 4.98 Å². The van der Waals surface area contributed by atoms with Crippen LogP contribution in [0.1, 0.15) is 18.4 Å². The van der Waals surface area contributed by atoms with Gasteiger partial charge < -0.3 is 9.88 Å². The summed E-state index contributed by atoms with van der Waals surface area (Å²) in [4.78, 5) is 6.70. The lowest BCUT2D eigenvalue weighted by Gasteiger charge is -2.22. The molecule has 1 aromatic carbocycles. The second-order valence-corrected chi connectivity index (χ2v) is 6.52. The van der Waals surface area contributed by atoms with E-state index >= 15 is 0 Å². The van der Waals surface area contributed by atoms with Gasteiger partial charge in [-0.1, -0.05) is 12.1 Å². The first-order chi connectivity index (χ1) is 10.3. The van der Waals surface area contributed by atoms with Gasteiger partial charge in [0.2, 0.25) is 0 Å². The van der Waals surface area contributed by atoms with Crippen LogP contribution >= 0.6 is 12.4 Å². The van der Waals surface area contributed by atoms with Crippen LogP contribution in [0.2, 0.25) is 0 Å². The molecule has 1 aromatic heterocycles. The Morgan fingerprint density at radius 2 is 2.05 bits per heavy atom. The lowest BCUT2D eigenvalue weighted by Crippen LogP contribution is -2.28. The van der Waals surface area contributed by atoms with Crippen LogP contribution in [0, 0.1) is 5.41 Å². The van der Waals surface area contributed by atoms with E-state index in [2.05, 4.69) is 39.5 Å². The van der Waals surface area contributed by atoms with E-state index < -0.39 is 0 Å². The van der Waals surface area contributed by atoms with Crippen molar-refractivity contribution in [1.29, 1.82) is 0 Å². The van der Waals surface area contributed by atoms with E-state index in [-0.39, 0.29) is 12.4 Å². The lowest BCUT2D eigenvalue weighted by molar-refractivity contribution is 0.268. The summed E-state index contributed by atoms with van der Waals surface area (Å²) in [5, 5.41) is 3.53. The summed E-state index contributed by atoms with van der Waals surface area (Å²) in [5.41, 5.74) is 3.15. The van der Waals surface area contributed by atoms with Crippen LogP contribution in [0.15, 0.2) is 43.0 Å². The van der Waals surface area contributed by atoms with Crippen LogP contribution in [0.5, 0.6) is 0 Å². The second-order valence-electron chi connectivity index (χ2n) is 6.52. The van der Waals surface area contributed by atoms with Gasteiger partial charge in [0.25, 0.3) is 0 Å². The minimum atomic E-state index is 0. The maximum Gasteiger partial charge on any atom is 0.0991 e. The zero-order valence-corrected chi connectivity index (χ0v) is 13.6. The van der Waals surface area contributed by atoms with Crippen molar-refractivity contribution < 1.29 is 0 Å². The molecule has 4 nitrogen and oxygen atoms in total. The minimum absolute atomic E-state index is 0. The highest BCUT2D eigenvalue weighted by atomic mass is 35.5. The highest BCUT2D eigenvalue weighted by molar-refractivity contribution is 5.85. The molecule has 2 aliphatic rings. The van der Waals surface area contributed by atoms with Gasteiger partial charge in [-0.05, 0) is 49.0 Å². The van der Waals surface area contributed by atoms with Crippen LogP contribution < -0.4 is 5.32 Å². The smallest absolute Gasteiger partial charge is 0.0991 e. The van der Waals surface area contributed by atoms with Gasteiger partial charge in [0, 0.05) is 37.7 Å². The van der Waals surface area contributed by atoms with Crippen molar-refractivity contribution in [3.8, 4) is 5.69 Å². The lowest BCUT2D eigenvalue weighted by atomic mass is 9.86. The highest BCUT2D eigenvalue weighted by Gasteiger charge is 2.39. The van der Waals surface area contributed by atoms with E-state index in [0.717, 1.165) is 6.54 Å². The minimum Gasteiger partial charge on any atom is -0.316 e. The zero-order chi connectivity index (χ0) is 14.1. The SMILES string of the molecule is Cl.c1cn(-c2ccc(CN3CCC4(CCNC4)C3)cc2)cn1. The average Bonchev–Trinajstić information content (AvgIpc) is 3.25. The number of likely N-dealkylation sites (tertiary alicyclic amines) is 1. The number of nitrogens with zero attached hydrogens (tertiary/aromatic N) is 3. The zero-order valence-electron chi connectivity index (χ0n) is 12.7. The molecule has 2 saturated heterocycles. The van der Waals surface area contributed by atoms with Crippen LogP contribution in [0.25, 0.3) is 5.69 Å². The molecule has 2 aromatic rings. The third-order valence-electron chi connectivity index (χ3n) is 4.99. The van der Waals surface area contributed by atoms with Crippen LogP contribution in [-0.4, -0.2) is 40.6 Å². The summed E-state index contributed by atoms with van der Waals surface area (Å²) in [6.45, 7) is 5.98. The number of benzene rings is 1. The molecular formula is C17H23ClN4. The Labute approximate surface area is 137 Å². The molecule has 5 heteroatoms. The largest absolute Gasteiger partial charge is 0.316 e. The fourth-order valence-corrected chi connectivity index (χ4v) is 3.75. The van der Waals surface area contributed by atoms with E-state index in [1.165, 1.54) is 50.3 Å². The Balaban J connectivity index is 0.00000144. The van der Waals surface area contributed by atoms with Crippen molar-refractivity contribution in [2.45, 2.75) is 19.4 Å². The molecule has 3 heterocycles. The van der Waals surface area contributed by atoms with Gasteiger partial charge in [0.15, 0.2) is 0 Å². The van der Waals surface area contributed by atoms with Gasteiger partial charge in [-0.2, -0.15) is 0 Å². The quantitative estimate of drug-likeness (QED) is 0.944. The van der Waals surface area contributed by atoms with Crippen molar-refractivity contribution in [3.63, 3.8) is 0 Å². The first-order valence-corrected chi connectivity index (χ1v) is 7.83. The Bertz CT molecular complexity index is 588. The molecule has 0 bridgehead atoms.